The number of rotatable bonds is 7. The number of nitrogens with one attached hydrogen (secondary N) is 1. The average molecular weight is 438 g/mol. The highest BCUT2D eigenvalue weighted by Gasteiger charge is 2.45. The van der Waals surface area contributed by atoms with Crippen molar-refractivity contribution in [3.05, 3.63) is 59.7 Å². The van der Waals surface area contributed by atoms with Gasteiger partial charge in [0, 0.05) is 31.2 Å². The van der Waals surface area contributed by atoms with Crippen LogP contribution in [-0.2, 0) is 0 Å². The number of para-hydroxylation sites is 1. The molecule has 3 atom stereocenters. The van der Waals surface area contributed by atoms with Crippen LogP contribution in [0.4, 0.5) is 10.1 Å². The minimum absolute atomic E-state index is 0.133. The Morgan fingerprint density at radius 2 is 1.84 bits per heavy atom. The molecule has 4 nitrogen and oxygen atoms in total. The van der Waals surface area contributed by atoms with E-state index in [-0.39, 0.29) is 12.1 Å². The van der Waals surface area contributed by atoms with Crippen LogP contribution in [-0.4, -0.2) is 60.3 Å². The first kappa shape index (κ1) is 21.7. The second-order valence-corrected chi connectivity index (χ2v) is 10.4. The molecule has 2 fully saturated rings. The van der Waals surface area contributed by atoms with Gasteiger partial charge in [-0.2, -0.15) is 0 Å². The van der Waals surface area contributed by atoms with Crippen molar-refractivity contribution in [2.24, 2.45) is 0 Å². The van der Waals surface area contributed by atoms with Crippen molar-refractivity contribution in [2.45, 2.75) is 63.4 Å². The molecule has 0 saturated carbocycles. The van der Waals surface area contributed by atoms with Crippen LogP contribution in [0.15, 0.2) is 48.5 Å². The van der Waals surface area contributed by atoms with E-state index in [0.29, 0.717) is 18.6 Å². The predicted octanol–water partition coefficient (Wildman–Crippen LogP) is 5.23. The number of likely N-dealkylation sites (tertiary alicyclic amines) is 2. The van der Waals surface area contributed by atoms with E-state index < -0.39 is 5.67 Å². The molecule has 0 spiro atoms. The number of benzene rings is 2. The van der Waals surface area contributed by atoms with E-state index in [1.54, 1.807) is 13.8 Å². The largest absolute Gasteiger partial charge is 0.488 e. The van der Waals surface area contributed by atoms with Crippen LogP contribution >= 0.6 is 0 Å². The minimum atomic E-state index is -1.23. The SMILES string of the molecule is CCCN1CC(Oc2ccc(C3C4Nc5ccccc5C4CCN3CC(C)(C)F)cc2)C1. The van der Waals surface area contributed by atoms with Gasteiger partial charge in [0.05, 0.1) is 12.1 Å². The zero-order chi connectivity index (χ0) is 22.3. The van der Waals surface area contributed by atoms with Crippen molar-refractivity contribution in [3.63, 3.8) is 0 Å². The van der Waals surface area contributed by atoms with E-state index >= 15 is 0 Å². The second-order valence-electron chi connectivity index (χ2n) is 10.4. The molecule has 3 aliphatic heterocycles. The Morgan fingerprint density at radius 3 is 2.56 bits per heavy atom. The Morgan fingerprint density at radius 1 is 1.09 bits per heavy atom. The van der Waals surface area contributed by atoms with E-state index in [2.05, 4.69) is 70.6 Å². The number of piperidine rings is 1. The zero-order valence-electron chi connectivity index (χ0n) is 19.6. The first-order valence-electron chi connectivity index (χ1n) is 12.2. The maximum absolute atomic E-state index is 14.7. The molecule has 2 saturated heterocycles. The van der Waals surface area contributed by atoms with Crippen molar-refractivity contribution in [1.82, 2.24) is 9.80 Å². The van der Waals surface area contributed by atoms with Crippen LogP contribution in [0, 0.1) is 0 Å². The number of alkyl halides is 1. The minimum Gasteiger partial charge on any atom is -0.488 e. The average Bonchev–Trinajstić information content (AvgIpc) is 3.10. The van der Waals surface area contributed by atoms with E-state index in [1.165, 1.54) is 23.2 Å². The Balaban J connectivity index is 1.35. The Kier molecular flexibility index (Phi) is 5.89. The summed E-state index contributed by atoms with van der Waals surface area (Å²) in [5.74, 6) is 1.40. The van der Waals surface area contributed by atoms with Gasteiger partial charge in [0.2, 0.25) is 0 Å². The molecule has 0 amide bonds. The number of ether oxygens (including phenoxy) is 1. The van der Waals surface area contributed by atoms with Gasteiger partial charge in [-0.15, -0.1) is 0 Å². The molecule has 1 N–H and O–H groups in total. The smallest absolute Gasteiger partial charge is 0.124 e. The summed E-state index contributed by atoms with van der Waals surface area (Å²) >= 11 is 0. The lowest BCUT2D eigenvalue weighted by atomic mass is 9.80. The van der Waals surface area contributed by atoms with Gasteiger partial charge >= 0.3 is 0 Å². The van der Waals surface area contributed by atoms with Gasteiger partial charge in [0.1, 0.15) is 17.5 Å². The molecule has 32 heavy (non-hydrogen) atoms. The molecule has 2 aromatic carbocycles. The van der Waals surface area contributed by atoms with E-state index in [1.807, 2.05) is 0 Å². The third-order valence-electron chi connectivity index (χ3n) is 7.14. The summed E-state index contributed by atoms with van der Waals surface area (Å²) in [6.07, 6.45) is 2.54. The fourth-order valence-corrected chi connectivity index (χ4v) is 5.84. The van der Waals surface area contributed by atoms with Crippen LogP contribution in [0.25, 0.3) is 0 Å². The maximum Gasteiger partial charge on any atom is 0.124 e. The van der Waals surface area contributed by atoms with Crippen LogP contribution < -0.4 is 10.1 Å². The van der Waals surface area contributed by atoms with Crippen molar-refractivity contribution >= 4 is 5.69 Å². The first-order valence-corrected chi connectivity index (χ1v) is 12.2. The number of anilines is 1. The van der Waals surface area contributed by atoms with Crippen LogP contribution in [0.5, 0.6) is 5.75 Å². The van der Waals surface area contributed by atoms with Crippen LogP contribution in [0.3, 0.4) is 0 Å². The monoisotopic (exact) mass is 437 g/mol. The molecule has 5 rings (SSSR count). The summed E-state index contributed by atoms with van der Waals surface area (Å²) < 4.78 is 20.9. The quantitative estimate of drug-likeness (QED) is 0.642. The van der Waals surface area contributed by atoms with Gasteiger partial charge in [0.25, 0.3) is 0 Å². The maximum atomic E-state index is 14.7. The van der Waals surface area contributed by atoms with Gasteiger partial charge < -0.3 is 10.1 Å². The molecular weight excluding hydrogens is 401 g/mol. The summed E-state index contributed by atoms with van der Waals surface area (Å²) in [7, 11) is 0. The van der Waals surface area contributed by atoms with Gasteiger partial charge in [-0.25, -0.2) is 4.39 Å². The highest BCUT2D eigenvalue weighted by molar-refractivity contribution is 5.60. The zero-order valence-corrected chi connectivity index (χ0v) is 19.6. The lowest BCUT2D eigenvalue weighted by Gasteiger charge is -2.45. The lowest BCUT2D eigenvalue weighted by molar-refractivity contribution is 0.0202. The fraction of sp³-hybridized carbons (Fsp3) is 0.556. The number of hydrogen-bond acceptors (Lipinski definition) is 4. The van der Waals surface area contributed by atoms with Gasteiger partial charge in [-0.05, 0) is 69.1 Å². The highest BCUT2D eigenvalue weighted by atomic mass is 19.1. The third-order valence-corrected chi connectivity index (χ3v) is 7.14. The molecule has 0 radical (unpaired) electrons. The summed E-state index contributed by atoms with van der Waals surface area (Å²) in [5.41, 5.74) is 2.64. The van der Waals surface area contributed by atoms with Crippen molar-refractivity contribution in [3.8, 4) is 5.75 Å². The van der Waals surface area contributed by atoms with Gasteiger partial charge in [0.15, 0.2) is 0 Å². The van der Waals surface area contributed by atoms with Crippen molar-refractivity contribution < 1.29 is 9.13 Å². The fourth-order valence-electron chi connectivity index (χ4n) is 5.84. The summed E-state index contributed by atoms with van der Waals surface area (Å²) in [4.78, 5) is 4.77. The van der Waals surface area contributed by atoms with E-state index in [4.69, 9.17) is 4.74 Å². The lowest BCUT2D eigenvalue weighted by Crippen LogP contribution is -2.53. The van der Waals surface area contributed by atoms with E-state index in [0.717, 1.165) is 38.3 Å². The molecular formula is C27H36FN3O. The molecule has 3 unspecified atom stereocenters. The third kappa shape index (κ3) is 4.38. The second kappa shape index (κ2) is 8.68. The molecule has 2 aromatic rings. The number of fused-ring (bicyclic) bond motifs is 3. The molecule has 5 heteroatoms. The molecule has 0 aliphatic carbocycles. The van der Waals surface area contributed by atoms with Crippen molar-refractivity contribution in [2.75, 3.05) is 38.0 Å². The Labute approximate surface area is 191 Å². The number of nitrogens with zero attached hydrogens (tertiary/aromatic N) is 2. The molecule has 0 bridgehead atoms. The summed E-state index contributed by atoms with van der Waals surface area (Å²) in [6.45, 7) is 10.1. The Bertz CT molecular complexity index is 919. The molecule has 0 aromatic heterocycles. The topological polar surface area (TPSA) is 27.7 Å². The molecule has 3 aliphatic rings. The normalized spacial score (nSPS) is 26.2. The van der Waals surface area contributed by atoms with Crippen LogP contribution in [0.1, 0.15) is 56.7 Å². The van der Waals surface area contributed by atoms with Crippen LogP contribution in [0.2, 0.25) is 0 Å². The molecule has 3 heterocycles. The predicted molar refractivity (Wildman–Crippen MR) is 128 cm³/mol. The van der Waals surface area contributed by atoms with Gasteiger partial charge in [-0.3, -0.25) is 9.80 Å². The van der Waals surface area contributed by atoms with Crippen molar-refractivity contribution in [1.29, 1.82) is 0 Å². The standard InChI is InChI=1S/C27H36FN3O/c1-4-14-30-16-21(17-30)32-20-11-9-19(10-12-20)26-25-23(13-15-31(26)18-27(2,3)28)22-7-5-6-8-24(22)29-25/h5-12,21,23,25-26,29H,4,13-18H2,1-3H3. The Hall–Kier alpha value is -2.11. The van der Waals surface area contributed by atoms with Gasteiger partial charge in [-0.1, -0.05) is 37.3 Å². The number of hydrogen-bond donors (Lipinski definition) is 1. The number of halogens is 1. The molecule has 172 valence electrons. The summed E-state index contributed by atoms with van der Waals surface area (Å²) in [6, 6.07) is 17.6. The van der Waals surface area contributed by atoms with E-state index in [9.17, 15) is 4.39 Å². The first-order chi connectivity index (χ1) is 15.4. The highest BCUT2D eigenvalue weighted by Crippen LogP contribution is 2.48. The summed E-state index contributed by atoms with van der Waals surface area (Å²) in [5, 5.41) is 3.78.